The fraction of sp³-hybridized carbons (Fsp3) is 0.444. The first-order chi connectivity index (χ1) is 10.0. The predicted octanol–water partition coefficient (Wildman–Crippen LogP) is 5.37. The monoisotopic (exact) mass is 317 g/mol. The molecule has 3 rings (SSSR count). The summed E-state index contributed by atoms with van der Waals surface area (Å²) in [6, 6.07) is 13.9. The molecule has 0 spiro atoms. The zero-order valence-corrected chi connectivity index (χ0v) is 14.6. The van der Waals surface area contributed by atoms with Gasteiger partial charge in [0.1, 0.15) is 0 Å². The van der Waals surface area contributed by atoms with Crippen LogP contribution in [0.4, 0.5) is 0 Å². The van der Waals surface area contributed by atoms with Crippen LogP contribution in [0, 0.1) is 0 Å². The van der Waals surface area contributed by atoms with Crippen molar-refractivity contribution in [2.75, 3.05) is 5.75 Å². The third kappa shape index (κ3) is 3.53. The van der Waals surface area contributed by atoms with Crippen LogP contribution < -0.4 is 5.32 Å². The number of hydrogen-bond donors (Lipinski definition) is 1. The van der Waals surface area contributed by atoms with Crippen LogP contribution in [0.15, 0.2) is 41.3 Å². The Bertz CT molecular complexity index is 610. The van der Waals surface area contributed by atoms with Gasteiger partial charge in [-0.05, 0) is 41.4 Å². The van der Waals surface area contributed by atoms with E-state index in [4.69, 9.17) is 0 Å². The lowest BCUT2D eigenvalue weighted by molar-refractivity contribution is 0.513. The Balaban J connectivity index is 1.68. The van der Waals surface area contributed by atoms with Crippen LogP contribution in [-0.2, 0) is 12.0 Å². The summed E-state index contributed by atoms with van der Waals surface area (Å²) in [6.07, 6.45) is 1.22. The second-order valence-electron chi connectivity index (χ2n) is 6.62. The molecule has 21 heavy (non-hydrogen) atoms. The highest BCUT2D eigenvalue weighted by Gasteiger charge is 2.20. The molecule has 0 aliphatic carbocycles. The van der Waals surface area contributed by atoms with Crippen LogP contribution in [0.5, 0.6) is 0 Å². The standard InChI is InChI=1S/C18H23NS2/c1-18(2,3)17-9-8-13(21-17)12-19-15-10-11-20-16-7-5-4-6-14(15)16/h4-9,15,19H,10-12H2,1-3H3. The van der Waals surface area contributed by atoms with E-state index >= 15 is 0 Å². The summed E-state index contributed by atoms with van der Waals surface area (Å²) in [5.74, 6) is 1.21. The van der Waals surface area contributed by atoms with Crippen molar-refractivity contribution in [2.45, 2.75) is 50.1 Å². The molecule has 0 saturated heterocycles. The number of thioether (sulfide) groups is 1. The van der Waals surface area contributed by atoms with Gasteiger partial charge >= 0.3 is 0 Å². The molecule has 1 aromatic heterocycles. The molecule has 0 bridgehead atoms. The molecule has 3 heteroatoms. The summed E-state index contributed by atoms with van der Waals surface area (Å²) in [7, 11) is 0. The van der Waals surface area contributed by atoms with E-state index in [0.717, 1.165) is 6.54 Å². The molecule has 2 heterocycles. The minimum Gasteiger partial charge on any atom is -0.305 e. The summed E-state index contributed by atoms with van der Waals surface area (Å²) >= 11 is 3.93. The molecule has 1 aromatic carbocycles. The molecule has 0 saturated carbocycles. The van der Waals surface area contributed by atoms with Crippen LogP contribution in [0.2, 0.25) is 0 Å². The number of benzene rings is 1. The molecular weight excluding hydrogens is 294 g/mol. The lowest BCUT2D eigenvalue weighted by atomic mass is 9.95. The molecule has 0 fully saturated rings. The van der Waals surface area contributed by atoms with E-state index in [9.17, 15) is 0 Å². The van der Waals surface area contributed by atoms with E-state index in [-0.39, 0.29) is 5.41 Å². The van der Waals surface area contributed by atoms with Gasteiger partial charge in [0.25, 0.3) is 0 Å². The van der Waals surface area contributed by atoms with Gasteiger partial charge in [0, 0.05) is 27.2 Å². The summed E-state index contributed by atoms with van der Waals surface area (Å²) in [5, 5.41) is 3.76. The van der Waals surface area contributed by atoms with Gasteiger partial charge in [0.15, 0.2) is 0 Å². The molecule has 112 valence electrons. The van der Waals surface area contributed by atoms with Gasteiger partial charge in [-0.2, -0.15) is 0 Å². The lowest BCUT2D eigenvalue weighted by Gasteiger charge is -2.25. The van der Waals surface area contributed by atoms with Crippen LogP contribution >= 0.6 is 23.1 Å². The number of rotatable bonds is 3. The second kappa shape index (κ2) is 6.15. The minimum atomic E-state index is 0.261. The van der Waals surface area contributed by atoms with Crippen LogP contribution in [0.3, 0.4) is 0 Å². The largest absolute Gasteiger partial charge is 0.305 e. The number of fused-ring (bicyclic) bond motifs is 1. The van der Waals surface area contributed by atoms with Gasteiger partial charge in [-0.3, -0.25) is 0 Å². The predicted molar refractivity (Wildman–Crippen MR) is 94.4 cm³/mol. The zero-order valence-electron chi connectivity index (χ0n) is 13.0. The van der Waals surface area contributed by atoms with Crippen molar-refractivity contribution in [1.29, 1.82) is 0 Å². The van der Waals surface area contributed by atoms with Crippen molar-refractivity contribution in [3.63, 3.8) is 0 Å². The Morgan fingerprint density at radius 3 is 2.71 bits per heavy atom. The van der Waals surface area contributed by atoms with Crippen LogP contribution in [0.25, 0.3) is 0 Å². The van der Waals surface area contributed by atoms with Crippen molar-refractivity contribution in [1.82, 2.24) is 5.32 Å². The third-order valence-corrected chi connectivity index (χ3v) is 6.52. The molecule has 1 N–H and O–H groups in total. The minimum absolute atomic E-state index is 0.261. The normalized spacial score (nSPS) is 18.5. The number of nitrogens with one attached hydrogen (secondary N) is 1. The fourth-order valence-electron chi connectivity index (χ4n) is 2.65. The highest BCUT2D eigenvalue weighted by Crippen LogP contribution is 2.36. The highest BCUT2D eigenvalue weighted by atomic mass is 32.2. The lowest BCUT2D eigenvalue weighted by Crippen LogP contribution is -2.23. The first kappa shape index (κ1) is 15.1. The van der Waals surface area contributed by atoms with Crippen molar-refractivity contribution in [3.8, 4) is 0 Å². The maximum Gasteiger partial charge on any atom is 0.0342 e. The first-order valence-corrected chi connectivity index (χ1v) is 9.38. The third-order valence-electron chi connectivity index (χ3n) is 3.88. The smallest absolute Gasteiger partial charge is 0.0342 e. The molecule has 1 aliphatic rings. The zero-order chi connectivity index (χ0) is 14.9. The van der Waals surface area contributed by atoms with Crippen molar-refractivity contribution in [3.05, 3.63) is 51.7 Å². The topological polar surface area (TPSA) is 12.0 Å². The summed E-state index contributed by atoms with van der Waals surface area (Å²) in [4.78, 5) is 4.36. The van der Waals surface area contributed by atoms with E-state index in [2.05, 4.69) is 62.5 Å². The molecule has 1 nitrogen and oxygen atoms in total. The summed E-state index contributed by atoms with van der Waals surface area (Å²) in [6.45, 7) is 7.82. The fourth-order valence-corrected chi connectivity index (χ4v) is 4.80. The van der Waals surface area contributed by atoms with Crippen LogP contribution in [0.1, 0.15) is 48.6 Å². The van der Waals surface area contributed by atoms with Crippen LogP contribution in [-0.4, -0.2) is 5.75 Å². The van der Waals surface area contributed by atoms with E-state index in [0.29, 0.717) is 6.04 Å². The average Bonchev–Trinajstić information content (AvgIpc) is 2.94. The molecular formula is C18H23NS2. The van der Waals surface area contributed by atoms with E-state index < -0.39 is 0 Å². The van der Waals surface area contributed by atoms with Gasteiger partial charge in [0.05, 0.1) is 0 Å². The van der Waals surface area contributed by atoms with Gasteiger partial charge in [-0.1, -0.05) is 39.0 Å². The summed E-state index contributed by atoms with van der Waals surface area (Å²) < 4.78 is 0. The van der Waals surface area contributed by atoms with E-state index in [1.807, 2.05) is 23.1 Å². The second-order valence-corrected chi connectivity index (χ2v) is 8.93. The first-order valence-electron chi connectivity index (χ1n) is 7.58. The van der Waals surface area contributed by atoms with Gasteiger partial charge < -0.3 is 5.32 Å². The van der Waals surface area contributed by atoms with Crippen molar-refractivity contribution < 1.29 is 0 Å². The molecule has 1 unspecified atom stereocenters. The van der Waals surface area contributed by atoms with Gasteiger partial charge in [-0.15, -0.1) is 23.1 Å². The highest BCUT2D eigenvalue weighted by molar-refractivity contribution is 7.99. The maximum atomic E-state index is 3.76. The Hall–Kier alpha value is -0.770. The van der Waals surface area contributed by atoms with Gasteiger partial charge in [0.2, 0.25) is 0 Å². The Morgan fingerprint density at radius 1 is 1.14 bits per heavy atom. The van der Waals surface area contributed by atoms with Crippen molar-refractivity contribution >= 4 is 23.1 Å². The average molecular weight is 318 g/mol. The van der Waals surface area contributed by atoms with Gasteiger partial charge in [-0.25, -0.2) is 0 Å². The number of thiophene rings is 1. The Kier molecular flexibility index (Phi) is 4.43. The Labute approximate surface area is 136 Å². The van der Waals surface area contributed by atoms with E-state index in [1.165, 1.54) is 32.4 Å². The SMILES string of the molecule is CC(C)(C)c1ccc(CNC2CCSc3ccccc32)s1. The van der Waals surface area contributed by atoms with Crippen molar-refractivity contribution in [2.24, 2.45) is 0 Å². The number of hydrogen-bond acceptors (Lipinski definition) is 3. The molecule has 1 atom stereocenters. The Morgan fingerprint density at radius 2 is 1.95 bits per heavy atom. The quantitative estimate of drug-likeness (QED) is 0.816. The molecule has 1 aliphatic heterocycles. The van der Waals surface area contributed by atoms with E-state index in [1.54, 1.807) is 0 Å². The molecule has 0 amide bonds. The molecule has 0 radical (unpaired) electrons. The molecule has 2 aromatic rings. The summed E-state index contributed by atoms with van der Waals surface area (Å²) in [5.41, 5.74) is 1.73. The maximum absolute atomic E-state index is 3.76.